The van der Waals surface area contributed by atoms with Crippen molar-refractivity contribution >= 4 is 17.5 Å². The fourth-order valence-electron chi connectivity index (χ4n) is 3.46. The van der Waals surface area contributed by atoms with Gasteiger partial charge in [0.2, 0.25) is 11.8 Å². The van der Waals surface area contributed by atoms with E-state index in [-0.39, 0.29) is 29.9 Å². The second-order valence-electron chi connectivity index (χ2n) is 6.74. The molecule has 3 rings (SSSR count). The third-order valence-corrected chi connectivity index (χ3v) is 4.55. The van der Waals surface area contributed by atoms with Crippen molar-refractivity contribution in [3.63, 3.8) is 0 Å². The monoisotopic (exact) mass is 316 g/mol. The van der Waals surface area contributed by atoms with Gasteiger partial charge in [-0.15, -0.1) is 0 Å². The first-order valence-electron chi connectivity index (χ1n) is 8.25. The summed E-state index contributed by atoms with van der Waals surface area (Å²) in [4.78, 5) is 28.7. The number of hydrogen-bond donors (Lipinski definition) is 0. The van der Waals surface area contributed by atoms with Gasteiger partial charge in [0.05, 0.1) is 18.1 Å². The number of aryl methyl sites for hydroxylation is 1. The molecule has 0 unspecified atom stereocenters. The molecule has 2 aliphatic heterocycles. The average molecular weight is 316 g/mol. The summed E-state index contributed by atoms with van der Waals surface area (Å²) >= 11 is 0. The second kappa shape index (κ2) is 6.32. The lowest BCUT2D eigenvalue weighted by Gasteiger charge is -2.36. The summed E-state index contributed by atoms with van der Waals surface area (Å²) in [5, 5.41) is 0. The molecule has 2 heterocycles. The second-order valence-corrected chi connectivity index (χ2v) is 6.74. The molecule has 1 aromatic rings. The van der Waals surface area contributed by atoms with Crippen LogP contribution in [0.3, 0.4) is 0 Å². The van der Waals surface area contributed by atoms with Gasteiger partial charge >= 0.3 is 0 Å². The van der Waals surface area contributed by atoms with Gasteiger partial charge in [-0.05, 0) is 32.9 Å². The van der Waals surface area contributed by atoms with Crippen molar-refractivity contribution in [2.24, 2.45) is 5.92 Å². The fourth-order valence-corrected chi connectivity index (χ4v) is 3.46. The van der Waals surface area contributed by atoms with E-state index < -0.39 is 0 Å². The number of hydrogen-bond acceptors (Lipinski definition) is 3. The van der Waals surface area contributed by atoms with Gasteiger partial charge in [-0.2, -0.15) is 0 Å². The van der Waals surface area contributed by atoms with E-state index in [1.165, 1.54) is 0 Å². The predicted molar refractivity (Wildman–Crippen MR) is 88.2 cm³/mol. The average Bonchev–Trinajstić information content (AvgIpc) is 2.88. The number of carbonyl (C=O) groups is 2. The molecular weight excluding hydrogens is 292 g/mol. The van der Waals surface area contributed by atoms with Gasteiger partial charge in [0.25, 0.3) is 0 Å². The Bertz CT molecular complexity index is 589. The maximum atomic E-state index is 12.8. The van der Waals surface area contributed by atoms with Crippen molar-refractivity contribution < 1.29 is 14.3 Å². The number of rotatable bonds is 2. The highest BCUT2D eigenvalue weighted by molar-refractivity contribution is 6.00. The lowest BCUT2D eigenvalue weighted by Crippen LogP contribution is -2.50. The molecule has 0 bridgehead atoms. The highest BCUT2D eigenvalue weighted by Gasteiger charge is 2.38. The zero-order valence-corrected chi connectivity index (χ0v) is 14.0. The highest BCUT2D eigenvalue weighted by Crippen LogP contribution is 2.27. The number of morpholine rings is 1. The Morgan fingerprint density at radius 2 is 1.70 bits per heavy atom. The van der Waals surface area contributed by atoms with E-state index in [2.05, 4.69) is 0 Å². The minimum absolute atomic E-state index is 0.0292. The predicted octanol–water partition coefficient (Wildman–Crippen LogP) is 1.98. The third-order valence-electron chi connectivity index (χ3n) is 4.55. The Morgan fingerprint density at radius 1 is 1.09 bits per heavy atom. The van der Waals surface area contributed by atoms with Crippen LogP contribution in [-0.2, 0) is 14.3 Å². The van der Waals surface area contributed by atoms with Crippen LogP contribution in [0.25, 0.3) is 0 Å². The molecule has 0 radical (unpaired) electrons. The summed E-state index contributed by atoms with van der Waals surface area (Å²) in [5.74, 6) is -0.141. The molecule has 0 aromatic heterocycles. The molecule has 0 N–H and O–H groups in total. The Kier molecular flexibility index (Phi) is 4.39. The summed E-state index contributed by atoms with van der Waals surface area (Å²) in [6.07, 6.45) is 0.397. The number of nitrogens with zero attached hydrogens (tertiary/aromatic N) is 2. The molecule has 2 amide bonds. The van der Waals surface area contributed by atoms with Crippen molar-refractivity contribution in [2.45, 2.75) is 39.4 Å². The molecule has 3 atom stereocenters. The van der Waals surface area contributed by atoms with E-state index in [9.17, 15) is 9.59 Å². The van der Waals surface area contributed by atoms with Crippen molar-refractivity contribution in [1.29, 1.82) is 0 Å². The van der Waals surface area contributed by atoms with Crippen molar-refractivity contribution in [3.8, 4) is 0 Å². The first kappa shape index (κ1) is 16.0. The summed E-state index contributed by atoms with van der Waals surface area (Å²) < 4.78 is 5.68. The third kappa shape index (κ3) is 3.39. The topological polar surface area (TPSA) is 49.9 Å². The Morgan fingerprint density at radius 3 is 2.30 bits per heavy atom. The van der Waals surface area contributed by atoms with Crippen LogP contribution in [-0.4, -0.2) is 48.6 Å². The molecule has 2 fully saturated rings. The van der Waals surface area contributed by atoms with E-state index >= 15 is 0 Å². The number of carbonyl (C=O) groups excluding carboxylic acids is 2. The van der Waals surface area contributed by atoms with E-state index in [1.54, 1.807) is 4.90 Å². The summed E-state index contributed by atoms with van der Waals surface area (Å²) in [6, 6.07) is 7.87. The van der Waals surface area contributed by atoms with Gasteiger partial charge in [-0.1, -0.05) is 17.7 Å². The molecule has 5 heteroatoms. The lowest BCUT2D eigenvalue weighted by atomic mass is 10.1. The number of benzene rings is 1. The van der Waals surface area contributed by atoms with Crippen LogP contribution in [0, 0.1) is 12.8 Å². The molecule has 0 spiro atoms. The minimum atomic E-state index is -0.249. The zero-order valence-electron chi connectivity index (χ0n) is 14.0. The van der Waals surface area contributed by atoms with Gasteiger partial charge in [0.15, 0.2) is 0 Å². The Hall–Kier alpha value is -1.88. The van der Waals surface area contributed by atoms with E-state index in [1.807, 2.05) is 49.9 Å². The minimum Gasteiger partial charge on any atom is -0.372 e. The summed E-state index contributed by atoms with van der Waals surface area (Å²) in [6.45, 7) is 7.67. The molecule has 1 aromatic carbocycles. The van der Waals surface area contributed by atoms with Crippen LogP contribution in [0.15, 0.2) is 24.3 Å². The first-order chi connectivity index (χ1) is 10.9. The molecule has 2 saturated heterocycles. The van der Waals surface area contributed by atoms with Gasteiger partial charge in [0.1, 0.15) is 0 Å². The van der Waals surface area contributed by atoms with Crippen molar-refractivity contribution in [2.75, 3.05) is 24.5 Å². The van der Waals surface area contributed by atoms with Crippen LogP contribution in [0.5, 0.6) is 0 Å². The van der Waals surface area contributed by atoms with E-state index in [0.717, 1.165) is 11.3 Å². The smallest absolute Gasteiger partial charge is 0.228 e. The number of ether oxygens (including phenoxy) is 1. The summed E-state index contributed by atoms with van der Waals surface area (Å²) in [5.41, 5.74) is 2.03. The molecule has 0 saturated carbocycles. The van der Waals surface area contributed by atoms with Crippen LogP contribution in [0.1, 0.15) is 25.8 Å². The van der Waals surface area contributed by atoms with Crippen LogP contribution in [0.2, 0.25) is 0 Å². The van der Waals surface area contributed by atoms with E-state index in [0.29, 0.717) is 26.1 Å². The van der Waals surface area contributed by atoms with Gasteiger partial charge in [0, 0.05) is 31.7 Å². The molecule has 5 nitrogen and oxygen atoms in total. The maximum Gasteiger partial charge on any atom is 0.228 e. The van der Waals surface area contributed by atoms with Gasteiger partial charge in [-0.3, -0.25) is 9.59 Å². The highest BCUT2D eigenvalue weighted by atomic mass is 16.5. The molecule has 0 aliphatic carbocycles. The van der Waals surface area contributed by atoms with Crippen LogP contribution >= 0.6 is 0 Å². The molecule has 2 aliphatic rings. The standard InChI is InChI=1S/C18H24N2O3/c1-12-4-6-16(7-5-12)20-11-15(8-17(20)21)18(22)19-9-13(2)23-14(3)10-19/h4-7,13-15H,8-11H2,1-3H3/t13-,14+,15-/m0/s1. The number of anilines is 1. The quantitative estimate of drug-likeness (QED) is 0.838. The van der Waals surface area contributed by atoms with Gasteiger partial charge < -0.3 is 14.5 Å². The Balaban J connectivity index is 1.69. The zero-order chi connectivity index (χ0) is 16.6. The summed E-state index contributed by atoms with van der Waals surface area (Å²) in [7, 11) is 0. The maximum absolute atomic E-state index is 12.8. The van der Waals surface area contributed by atoms with Crippen LogP contribution in [0.4, 0.5) is 5.69 Å². The van der Waals surface area contributed by atoms with Gasteiger partial charge in [-0.25, -0.2) is 0 Å². The van der Waals surface area contributed by atoms with Crippen molar-refractivity contribution in [1.82, 2.24) is 4.90 Å². The van der Waals surface area contributed by atoms with E-state index in [4.69, 9.17) is 4.74 Å². The first-order valence-corrected chi connectivity index (χ1v) is 8.25. The Labute approximate surface area is 137 Å². The number of amides is 2. The lowest BCUT2D eigenvalue weighted by molar-refractivity contribution is -0.147. The largest absolute Gasteiger partial charge is 0.372 e. The van der Waals surface area contributed by atoms with Crippen molar-refractivity contribution in [3.05, 3.63) is 29.8 Å². The molecular formula is C18H24N2O3. The molecule has 124 valence electrons. The SMILES string of the molecule is Cc1ccc(N2C[C@@H](C(=O)N3C[C@@H](C)O[C@@H](C)C3)CC2=O)cc1. The van der Waals surface area contributed by atoms with Crippen LogP contribution < -0.4 is 4.90 Å². The molecule has 23 heavy (non-hydrogen) atoms. The fraction of sp³-hybridized carbons (Fsp3) is 0.556. The normalized spacial score (nSPS) is 28.3.